The molecule has 0 bridgehead atoms. The van der Waals surface area contributed by atoms with Gasteiger partial charge in [-0.3, -0.25) is 9.59 Å². The van der Waals surface area contributed by atoms with E-state index in [1.165, 1.54) is 12.7 Å². The fourth-order valence-electron chi connectivity index (χ4n) is 2.81. The average Bonchev–Trinajstić information content (AvgIpc) is 2.71. The van der Waals surface area contributed by atoms with E-state index < -0.39 is 17.9 Å². The van der Waals surface area contributed by atoms with E-state index in [1.807, 2.05) is 24.3 Å². The Kier molecular flexibility index (Phi) is 7.53. The summed E-state index contributed by atoms with van der Waals surface area (Å²) in [6, 6.07) is 15.7. The fourth-order valence-corrected chi connectivity index (χ4v) is 2.81. The summed E-state index contributed by atoms with van der Waals surface area (Å²) in [5.41, 5.74) is 2.58. The van der Waals surface area contributed by atoms with Crippen molar-refractivity contribution in [2.24, 2.45) is 0 Å². The van der Waals surface area contributed by atoms with Crippen LogP contribution in [0.2, 0.25) is 0 Å². The van der Waals surface area contributed by atoms with Gasteiger partial charge in [0.25, 0.3) is 5.91 Å². The highest BCUT2D eigenvalue weighted by Gasteiger charge is 2.22. The first-order valence-electron chi connectivity index (χ1n) is 9.50. The first kappa shape index (κ1) is 22.1. The number of rotatable bonds is 7. The van der Waals surface area contributed by atoms with Crippen LogP contribution in [0.1, 0.15) is 42.3 Å². The molecule has 2 amide bonds. The Balaban J connectivity index is 1.96. The molecule has 0 aliphatic carbocycles. The predicted octanol–water partition coefficient (Wildman–Crippen LogP) is 2.61. The van der Waals surface area contributed by atoms with E-state index in [-0.39, 0.29) is 17.9 Å². The van der Waals surface area contributed by atoms with Crippen molar-refractivity contribution >= 4 is 17.8 Å². The number of ether oxygens (including phenoxy) is 1. The van der Waals surface area contributed by atoms with Crippen LogP contribution in [-0.4, -0.2) is 37.5 Å². The molecule has 2 aromatic carbocycles. The number of benzene rings is 2. The lowest BCUT2D eigenvalue weighted by molar-refractivity contribution is -0.144. The van der Waals surface area contributed by atoms with Gasteiger partial charge in [0.05, 0.1) is 13.7 Å². The molecular weight excluding hydrogens is 368 g/mol. The van der Waals surface area contributed by atoms with Crippen LogP contribution in [0.3, 0.4) is 0 Å². The SMILES string of the molecule is COC(=O)[C@H](Cc1ccc(C(C)(C)C)cc1)NC(=O)CNC(=O)c1ccccc1. The molecule has 0 spiro atoms. The third kappa shape index (κ3) is 6.75. The summed E-state index contributed by atoms with van der Waals surface area (Å²) in [6.45, 7) is 6.15. The minimum absolute atomic E-state index is 0.0332. The van der Waals surface area contributed by atoms with Crippen molar-refractivity contribution in [3.63, 3.8) is 0 Å². The summed E-state index contributed by atoms with van der Waals surface area (Å²) in [5, 5.41) is 5.19. The number of amides is 2. The zero-order chi connectivity index (χ0) is 21.4. The van der Waals surface area contributed by atoms with E-state index >= 15 is 0 Å². The zero-order valence-corrected chi connectivity index (χ0v) is 17.3. The summed E-state index contributed by atoms with van der Waals surface area (Å²) >= 11 is 0. The Morgan fingerprint density at radius 3 is 2.14 bits per heavy atom. The molecule has 29 heavy (non-hydrogen) atoms. The number of carbonyl (C=O) groups excluding carboxylic acids is 3. The van der Waals surface area contributed by atoms with Crippen LogP contribution >= 0.6 is 0 Å². The summed E-state index contributed by atoms with van der Waals surface area (Å²) < 4.78 is 4.82. The van der Waals surface area contributed by atoms with Gasteiger partial charge in [-0.1, -0.05) is 63.2 Å². The van der Waals surface area contributed by atoms with Crippen molar-refractivity contribution < 1.29 is 19.1 Å². The zero-order valence-electron chi connectivity index (χ0n) is 17.3. The first-order valence-corrected chi connectivity index (χ1v) is 9.50. The second-order valence-electron chi connectivity index (χ2n) is 7.84. The van der Waals surface area contributed by atoms with Crippen LogP contribution in [-0.2, 0) is 26.2 Å². The van der Waals surface area contributed by atoms with E-state index in [1.54, 1.807) is 30.3 Å². The van der Waals surface area contributed by atoms with E-state index in [0.717, 1.165) is 5.56 Å². The Bertz CT molecular complexity index is 839. The van der Waals surface area contributed by atoms with Gasteiger partial charge in [0.2, 0.25) is 5.91 Å². The number of esters is 1. The lowest BCUT2D eigenvalue weighted by atomic mass is 9.86. The third-order valence-electron chi connectivity index (χ3n) is 4.53. The maximum absolute atomic E-state index is 12.3. The van der Waals surface area contributed by atoms with Gasteiger partial charge in [0, 0.05) is 12.0 Å². The van der Waals surface area contributed by atoms with Gasteiger partial charge < -0.3 is 15.4 Å². The highest BCUT2D eigenvalue weighted by Crippen LogP contribution is 2.22. The Morgan fingerprint density at radius 2 is 1.59 bits per heavy atom. The molecule has 2 N–H and O–H groups in total. The van der Waals surface area contributed by atoms with E-state index in [0.29, 0.717) is 12.0 Å². The standard InChI is InChI=1S/C23H28N2O4/c1-23(2,3)18-12-10-16(11-13-18)14-19(22(28)29-4)25-20(26)15-24-21(27)17-8-6-5-7-9-17/h5-13,19H,14-15H2,1-4H3,(H,24,27)(H,25,26)/t19-/m0/s1. The lowest BCUT2D eigenvalue weighted by Crippen LogP contribution is -2.47. The van der Waals surface area contributed by atoms with Crippen molar-refractivity contribution in [1.29, 1.82) is 0 Å². The summed E-state index contributed by atoms with van der Waals surface area (Å²) in [7, 11) is 1.28. The van der Waals surface area contributed by atoms with E-state index in [2.05, 4.69) is 31.4 Å². The number of nitrogens with one attached hydrogen (secondary N) is 2. The van der Waals surface area contributed by atoms with Crippen molar-refractivity contribution in [2.75, 3.05) is 13.7 Å². The third-order valence-corrected chi connectivity index (χ3v) is 4.53. The molecule has 2 aromatic rings. The molecular formula is C23H28N2O4. The molecule has 0 saturated heterocycles. The van der Waals surface area contributed by atoms with E-state index in [4.69, 9.17) is 4.74 Å². The topological polar surface area (TPSA) is 84.5 Å². The van der Waals surface area contributed by atoms with E-state index in [9.17, 15) is 14.4 Å². The maximum Gasteiger partial charge on any atom is 0.328 e. The van der Waals surface area contributed by atoms with Crippen LogP contribution < -0.4 is 10.6 Å². The molecule has 0 aliphatic rings. The number of methoxy groups -OCH3 is 1. The highest BCUT2D eigenvalue weighted by molar-refractivity contribution is 5.96. The summed E-state index contributed by atoms with van der Waals surface area (Å²) in [5.74, 6) is -1.35. The van der Waals surface area contributed by atoms with Crippen molar-refractivity contribution in [1.82, 2.24) is 10.6 Å². The largest absolute Gasteiger partial charge is 0.467 e. The molecule has 0 saturated carbocycles. The van der Waals surface area contributed by atoms with Crippen molar-refractivity contribution in [3.05, 3.63) is 71.3 Å². The van der Waals surface area contributed by atoms with Gasteiger partial charge in [-0.05, 0) is 28.7 Å². The summed E-state index contributed by atoms with van der Waals surface area (Å²) in [4.78, 5) is 36.4. The predicted molar refractivity (Wildman–Crippen MR) is 112 cm³/mol. The van der Waals surface area contributed by atoms with Crippen molar-refractivity contribution in [2.45, 2.75) is 38.6 Å². The highest BCUT2D eigenvalue weighted by atomic mass is 16.5. The Labute approximate surface area is 171 Å². The molecule has 0 unspecified atom stereocenters. The summed E-state index contributed by atoms with van der Waals surface area (Å²) in [6.07, 6.45) is 0.301. The van der Waals surface area contributed by atoms with Gasteiger partial charge in [-0.15, -0.1) is 0 Å². The molecule has 0 heterocycles. The fraction of sp³-hybridized carbons (Fsp3) is 0.348. The molecule has 2 rings (SSSR count). The molecule has 154 valence electrons. The monoisotopic (exact) mass is 396 g/mol. The van der Waals surface area contributed by atoms with Gasteiger partial charge in [-0.2, -0.15) is 0 Å². The molecule has 6 heteroatoms. The number of carbonyl (C=O) groups is 3. The second-order valence-corrected chi connectivity index (χ2v) is 7.84. The minimum atomic E-state index is -0.832. The maximum atomic E-state index is 12.3. The van der Waals surface area contributed by atoms with Gasteiger partial charge in [-0.25, -0.2) is 4.79 Å². The molecule has 0 aromatic heterocycles. The first-order chi connectivity index (χ1) is 13.7. The van der Waals surface area contributed by atoms with Crippen LogP contribution in [0, 0.1) is 0 Å². The normalized spacial score (nSPS) is 12.0. The molecule has 6 nitrogen and oxygen atoms in total. The Hall–Kier alpha value is -3.15. The Morgan fingerprint density at radius 1 is 0.966 bits per heavy atom. The van der Waals surface area contributed by atoms with Crippen LogP contribution in [0.5, 0.6) is 0 Å². The van der Waals surface area contributed by atoms with Gasteiger partial charge in [0.1, 0.15) is 6.04 Å². The lowest BCUT2D eigenvalue weighted by Gasteiger charge is -2.20. The van der Waals surface area contributed by atoms with Crippen LogP contribution in [0.15, 0.2) is 54.6 Å². The smallest absolute Gasteiger partial charge is 0.328 e. The van der Waals surface area contributed by atoms with Gasteiger partial charge in [0.15, 0.2) is 0 Å². The molecule has 0 aliphatic heterocycles. The van der Waals surface area contributed by atoms with Crippen LogP contribution in [0.25, 0.3) is 0 Å². The van der Waals surface area contributed by atoms with Crippen LogP contribution in [0.4, 0.5) is 0 Å². The quantitative estimate of drug-likeness (QED) is 0.705. The second kappa shape index (κ2) is 9.87. The molecule has 0 radical (unpaired) electrons. The molecule has 1 atom stereocenters. The minimum Gasteiger partial charge on any atom is -0.467 e. The molecule has 0 fully saturated rings. The number of hydrogen-bond acceptors (Lipinski definition) is 4. The van der Waals surface area contributed by atoms with Gasteiger partial charge >= 0.3 is 5.97 Å². The van der Waals surface area contributed by atoms with Crippen molar-refractivity contribution in [3.8, 4) is 0 Å². The number of hydrogen-bond donors (Lipinski definition) is 2. The average molecular weight is 396 g/mol.